The van der Waals surface area contributed by atoms with Crippen molar-refractivity contribution in [2.45, 2.75) is 32.8 Å². The van der Waals surface area contributed by atoms with Gasteiger partial charge in [-0.1, -0.05) is 18.2 Å². The summed E-state index contributed by atoms with van der Waals surface area (Å²) >= 11 is 0. The molecule has 2 amide bonds. The third-order valence-corrected chi connectivity index (χ3v) is 3.69. The Balaban J connectivity index is 1.96. The van der Waals surface area contributed by atoms with E-state index in [1.165, 1.54) is 0 Å². The maximum absolute atomic E-state index is 12.1. The average Bonchev–Trinajstić information content (AvgIpc) is 3.17. The van der Waals surface area contributed by atoms with Gasteiger partial charge in [-0.25, -0.2) is 4.79 Å². The maximum atomic E-state index is 12.1. The van der Waals surface area contributed by atoms with Crippen LogP contribution in [-0.2, 0) is 0 Å². The van der Waals surface area contributed by atoms with Gasteiger partial charge in [-0.2, -0.15) is 0 Å². The molecule has 1 aliphatic carbocycles. The summed E-state index contributed by atoms with van der Waals surface area (Å²) in [5, 5.41) is 12.8. The van der Waals surface area contributed by atoms with E-state index < -0.39 is 6.10 Å². The fourth-order valence-corrected chi connectivity index (χ4v) is 2.21. The minimum atomic E-state index is -0.395. The Kier molecular flexibility index (Phi) is 4.10. The number of benzene rings is 1. The molecule has 4 heteroatoms. The van der Waals surface area contributed by atoms with Crippen molar-refractivity contribution in [1.29, 1.82) is 0 Å². The molecule has 4 nitrogen and oxygen atoms in total. The number of nitrogens with one attached hydrogen (secondary N) is 1. The lowest BCUT2D eigenvalue weighted by molar-refractivity contribution is 0.117. The van der Waals surface area contributed by atoms with Crippen molar-refractivity contribution < 1.29 is 9.90 Å². The molecule has 1 fully saturated rings. The van der Waals surface area contributed by atoms with Crippen LogP contribution in [-0.4, -0.2) is 35.7 Å². The van der Waals surface area contributed by atoms with Gasteiger partial charge in [-0.05, 0) is 43.7 Å². The third-order valence-electron chi connectivity index (χ3n) is 3.69. The number of hydrogen-bond acceptors (Lipinski definition) is 2. The number of urea groups is 1. The van der Waals surface area contributed by atoms with Gasteiger partial charge in [0.25, 0.3) is 0 Å². The third kappa shape index (κ3) is 3.47. The quantitative estimate of drug-likeness (QED) is 0.876. The molecule has 1 aromatic rings. The Bertz CT molecular complexity index is 449. The van der Waals surface area contributed by atoms with Gasteiger partial charge in [0.05, 0.1) is 6.10 Å². The molecular weight excluding hydrogens is 240 g/mol. The number of aliphatic hydroxyl groups excluding tert-OH is 1. The van der Waals surface area contributed by atoms with Crippen LogP contribution in [0.1, 0.15) is 24.0 Å². The number of aryl methyl sites for hydroxylation is 2. The van der Waals surface area contributed by atoms with Crippen molar-refractivity contribution in [2.75, 3.05) is 18.9 Å². The van der Waals surface area contributed by atoms with Gasteiger partial charge in [0.2, 0.25) is 0 Å². The number of carbonyl (C=O) groups excluding carboxylic acids is 1. The van der Waals surface area contributed by atoms with E-state index in [4.69, 9.17) is 0 Å². The van der Waals surface area contributed by atoms with E-state index in [2.05, 4.69) is 5.32 Å². The highest BCUT2D eigenvalue weighted by Gasteiger charge is 2.31. The van der Waals surface area contributed by atoms with Gasteiger partial charge >= 0.3 is 6.03 Å². The number of anilines is 1. The molecule has 1 saturated carbocycles. The molecule has 19 heavy (non-hydrogen) atoms. The molecule has 0 radical (unpaired) electrons. The first kappa shape index (κ1) is 13.9. The summed E-state index contributed by atoms with van der Waals surface area (Å²) in [6.07, 6.45) is 1.76. The Labute approximate surface area is 114 Å². The lowest BCUT2D eigenvalue weighted by atomic mass is 10.1. The van der Waals surface area contributed by atoms with Gasteiger partial charge in [0, 0.05) is 19.3 Å². The summed E-state index contributed by atoms with van der Waals surface area (Å²) < 4.78 is 0. The van der Waals surface area contributed by atoms with E-state index in [0.29, 0.717) is 12.5 Å². The van der Waals surface area contributed by atoms with E-state index in [-0.39, 0.29) is 6.03 Å². The van der Waals surface area contributed by atoms with Crippen LogP contribution in [0.5, 0.6) is 0 Å². The molecule has 1 aliphatic rings. The predicted molar refractivity (Wildman–Crippen MR) is 76.3 cm³/mol. The molecule has 2 N–H and O–H groups in total. The highest BCUT2D eigenvalue weighted by atomic mass is 16.3. The van der Waals surface area contributed by atoms with Crippen molar-refractivity contribution >= 4 is 11.7 Å². The molecule has 1 aromatic carbocycles. The average molecular weight is 262 g/mol. The number of nitrogens with zero attached hydrogens (tertiary/aromatic N) is 1. The molecule has 0 aliphatic heterocycles. The zero-order valence-corrected chi connectivity index (χ0v) is 11.8. The first-order valence-electron chi connectivity index (χ1n) is 6.75. The fraction of sp³-hybridized carbons (Fsp3) is 0.533. The summed E-state index contributed by atoms with van der Waals surface area (Å²) in [7, 11) is 1.72. The first-order valence-corrected chi connectivity index (χ1v) is 6.75. The predicted octanol–water partition coefficient (Wildman–Crippen LogP) is 2.54. The van der Waals surface area contributed by atoms with E-state index in [0.717, 1.165) is 29.7 Å². The number of hydrogen-bond donors (Lipinski definition) is 2. The summed E-state index contributed by atoms with van der Waals surface area (Å²) in [4.78, 5) is 13.6. The second-order valence-electron chi connectivity index (χ2n) is 5.48. The van der Waals surface area contributed by atoms with Crippen LogP contribution in [0.2, 0.25) is 0 Å². The Morgan fingerprint density at radius 3 is 2.53 bits per heavy atom. The van der Waals surface area contributed by atoms with E-state index >= 15 is 0 Å². The topological polar surface area (TPSA) is 52.6 Å². The Morgan fingerprint density at radius 2 is 2.00 bits per heavy atom. The highest BCUT2D eigenvalue weighted by molar-refractivity contribution is 5.90. The lowest BCUT2D eigenvalue weighted by Gasteiger charge is -2.22. The standard InChI is InChI=1S/C15H22N2O2/c1-10-5-4-6-11(2)14(10)16-15(19)17(3)9-13(18)12-7-8-12/h4-6,12-13,18H,7-9H2,1-3H3,(H,16,19). The van der Waals surface area contributed by atoms with Gasteiger partial charge in [0.1, 0.15) is 0 Å². The minimum Gasteiger partial charge on any atom is -0.391 e. The second-order valence-corrected chi connectivity index (χ2v) is 5.48. The van der Waals surface area contributed by atoms with E-state index in [1.54, 1.807) is 11.9 Å². The summed E-state index contributed by atoms with van der Waals surface area (Å²) in [6, 6.07) is 5.75. The molecule has 0 heterocycles. The van der Waals surface area contributed by atoms with Gasteiger partial charge in [0.15, 0.2) is 0 Å². The molecule has 2 rings (SSSR count). The molecule has 104 valence electrons. The van der Waals surface area contributed by atoms with E-state index in [9.17, 15) is 9.90 Å². The van der Waals surface area contributed by atoms with Crippen molar-refractivity contribution in [3.8, 4) is 0 Å². The molecule has 1 unspecified atom stereocenters. The normalized spacial score (nSPS) is 16.0. The van der Waals surface area contributed by atoms with Crippen molar-refractivity contribution in [2.24, 2.45) is 5.92 Å². The summed E-state index contributed by atoms with van der Waals surface area (Å²) in [5.41, 5.74) is 2.95. The number of carbonyl (C=O) groups is 1. The number of amides is 2. The van der Waals surface area contributed by atoms with Crippen LogP contribution >= 0.6 is 0 Å². The minimum absolute atomic E-state index is 0.169. The Hall–Kier alpha value is -1.55. The molecule has 0 spiro atoms. The summed E-state index contributed by atoms with van der Waals surface area (Å²) in [6.45, 7) is 4.34. The van der Waals surface area contributed by atoms with Gasteiger partial charge < -0.3 is 15.3 Å². The van der Waals surface area contributed by atoms with Crippen LogP contribution < -0.4 is 5.32 Å². The number of likely N-dealkylation sites (N-methyl/N-ethyl adjacent to an activating group) is 1. The molecular formula is C15H22N2O2. The van der Waals surface area contributed by atoms with Crippen LogP contribution in [0, 0.1) is 19.8 Å². The number of aliphatic hydroxyl groups is 1. The Morgan fingerprint density at radius 1 is 1.42 bits per heavy atom. The van der Waals surface area contributed by atoms with Gasteiger partial charge in [-0.3, -0.25) is 0 Å². The molecule has 0 bridgehead atoms. The van der Waals surface area contributed by atoms with Gasteiger partial charge in [-0.15, -0.1) is 0 Å². The summed E-state index contributed by atoms with van der Waals surface area (Å²) in [5.74, 6) is 0.385. The second kappa shape index (κ2) is 5.61. The van der Waals surface area contributed by atoms with Crippen molar-refractivity contribution in [3.63, 3.8) is 0 Å². The van der Waals surface area contributed by atoms with Crippen LogP contribution in [0.15, 0.2) is 18.2 Å². The van der Waals surface area contributed by atoms with Crippen LogP contribution in [0.25, 0.3) is 0 Å². The zero-order valence-electron chi connectivity index (χ0n) is 11.8. The fourth-order valence-electron chi connectivity index (χ4n) is 2.21. The monoisotopic (exact) mass is 262 g/mol. The highest BCUT2D eigenvalue weighted by Crippen LogP contribution is 2.32. The lowest BCUT2D eigenvalue weighted by Crippen LogP contribution is -2.38. The number of para-hydroxylation sites is 1. The first-order chi connectivity index (χ1) is 8.99. The molecule has 0 saturated heterocycles. The van der Waals surface area contributed by atoms with Crippen molar-refractivity contribution in [3.05, 3.63) is 29.3 Å². The van der Waals surface area contributed by atoms with Crippen LogP contribution in [0.4, 0.5) is 10.5 Å². The molecule has 0 aromatic heterocycles. The van der Waals surface area contributed by atoms with Crippen LogP contribution in [0.3, 0.4) is 0 Å². The largest absolute Gasteiger partial charge is 0.391 e. The number of rotatable bonds is 4. The maximum Gasteiger partial charge on any atom is 0.321 e. The zero-order chi connectivity index (χ0) is 14.0. The smallest absolute Gasteiger partial charge is 0.321 e. The van der Waals surface area contributed by atoms with E-state index in [1.807, 2.05) is 32.0 Å². The molecule has 1 atom stereocenters. The van der Waals surface area contributed by atoms with Crippen molar-refractivity contribution in [1.82, 2.24) is 4.90 Å². The SMILES string of the molecule is Cc1cccc(C)c1NC(=O)N(C)CC(O)C1CC1.